The van der Waals surface area contributed by atoms with Crippen LogP contribution < -0.4 is 5.32 Å². The monoisotopic (exact) mass is 517 g/mol. The zero-order valence-electron chi connectivity index (χ0n) is 22.3. The third-order valence-electron chi connectivity index (χ3n) is 5.02. The second-order valence-corrected chi connectivity index (χ2v) is 9.68. The van der Waals surface area contributed by atoms with E-state index in [9.17, 15) is 24.0 Å². The molecule has 0 aromatic carbocycles. The maximum absolute atomic E-state index is 12.2. The van der Waals surface area contributed by atoms with E-state index in [1.807, 2.05) is 0 Å². The normalized spacial score (nSPS) is 24.6. The summed E-state index contributed by atoms with van der Waals surface area (Å²) in [5.41, 5.74) is -0.705. The standard InChI is InChI=1S/C24H39NO11/c1-13-20(33-15(3)27)22(35-17(5)29)21(34-16(4)28)19(32-13)11-9-10-18(12-31-14(2)26)25-23(30)36-24(6,7)8/h13,18-22H,9-12H2,1-8H3,(H,25,30)/t13-,18-,19-,20+,21+,22+/m0/s1. The van der Waals surface area contributed by atoms with E-state index < -0.39 is 72.1 Å². The molecular formula is C24H39NO11. The molecule has 1 heterocycles. The predicted octanol–water partition coefficient (Wildman–Crippen LogP) is 2.20. The van der Waals surface area contributed by atoms with Crippen LogP contribution in [0, 0.1) is 0 Å². The van der Waals surface area contributed by atoms with Crippen LogP contribution >= 0.6 is 0 Å². The summed E-state index contributed by atoms with van der Waals surface area (Å²) in [5, 5.41) is 2.69. The first-order valence-electron chi connectivity index (χ1n) is 11.9. The number of hydrogen-bond acceptors (Lipinski definition) is 11. The zero-order valence-corrected chi connectivity index (χ0v) is 22.3. The van der Waals surface area contributed by atoms with E-state index in [4.69, 9.17) is 28.4 Å². The molecule has 1 aliphatic heterocycles. The van der Waals surface area contributed by atoms with Crippen LogP contribution in [-0.2, 0) is 47.6 Å². The summed E-state index contributed by atoms with van der Waals surface area (Å²) in [4.78, 5) is 58.7. The van der Waals surface area contributed by atoms with Gasteiger partial charge in [-0.1, -0.05) is 0 Å². The molecule has 1 amide bonds. The van der Waals surface area contributed by atoms with E-state index in [-0.39, 0.29) is 6.61 Å². The number of amides is 1. The number of rotatable bonds is 10. The van der Waals surface area contributed by atoms with E-state index >= 15 is 0 Å². The van der Waals surface area contributed by atoms with Crippen molar-refractivity contribution < 1.29 is 52.4 Å². The van der Waals surface area contributed by atoms with Crippen LogP contribution in [0.25, 0.3) is 0 Å². The van der Waals surface area contributed by atoms with E-state index in [0.717, 1.165) is 0 Å². The van der Waals surface area contributed by atoms with E-state index in [0.29, 0.717) is 19.3 Å². The lowest BCUT2D eigenvalue weighted by Gasteiger charge is -2.44. The molecule has 12 heteroatoms. The smallest absolute Gasteiger partial charge is 0.407 e. The molecule has 0 aliphatic carbocycles. The number of esters is 4. The first-order valence-corrected chi connectivity index (χ1v) is 11.9. The van der Waals surface area contributed by atoms with Gasteiger partial charge in [-0.2, -0.15) is 0 Å². The molecular weight excluding hydrogens is 478 g/mol. The Morgan fingerprint density at radius 2 is 1.36 bits per heavy atom. The van der Waals surface area contributed by atoms with E-state index in [1.165, 1.54) is 27.7 Å². The Morgan fingerprint density at radius 1 is 0.833 bits per heavy atom. The fourth-order valence-electron chi connectivity index (χ4n) is 3.80. The summed E-state index contributed by atoms with van der Waals surface area (Å²) in [6.45, 7) is 11.7. The number of alkyl carbamates (subject to hydrolysis) is 1. The molecule has 1 rings (SSSR count). The molecule has 1 fully saturated rings. The Morgan fingerprint density at radius 3 is 1.86 bits per heavy atom. The quantitative estimate of drug-likeness (QED) is 0.335. The number of hydrogen-bond donors (Lipinski definition) is 1. The van der Waals surface area contributed by atoms with Crippen LogP contribution in [-0.4, -0.2) is 78.7 Å². The fraction of sp³-hybridized carbons (Fsp3) is 0.792. The highest BCUT2D eigenvalue weighted by molar-refractivity contribution is 5.69. The Balaban J connectivity index is 2.98. The van der Waals surface area contributed by atoms with Crippen LogP contribution in [0.1, 0.15) is 74.7 Å². The Kier molecular flexibility index (Phi) is 12.1. The summed E-state index contributed by atoms with van der Waals surface area (Å²) in [5.74, 6) is -2.35. The second-order valence-electron chi connectivity index (χ2n) is 9.68. The topological polar surface area (TPSA) is 153 Å². The lowest BCUT2D eigenvalue weighted by atomic mass is 9.91. The zero-order chi connectivity index (χ0) is 27.6. The van der Waals surface area contributed by atoms with Crippen LogP contribution in [0.15, 0.2) is 0 Å². The summed E-state index contributed by atoms with van der Waals surface area (Å²) >= 11 is 0. The summed E-state index contributed by atoms with van der Waals surface area (Å²) in [7, 11) is 0. The van der Waals surface area contributed by atoms with Crippen molar-refractivity contribution in [2.45, 2.75) is 117 Å². The van der Waals surface area contributed by atoms with Crippen molar-refractivity contribution in [1.29, 1.82) is 0 Å². The van der Waals surface area contributed by atoms with Crippen molar-refractivity contribution in [2.24, 2.45) is 0 Å². The molecule has 1 N–H and O–H groups in total. The SMILES string of the molecule is CC(=O)OC[C@H](CCC[C@@H]1O[C@@H](C)[C@@H](OC(C)=O)[C@@H](OC(C)=O)[C@@H]1OC(C)=O)NC(=O)OC(C)(C)C. The Hall–Kier alpha value is -2.89. The molecule has 0 spiro atoms. The third kappa shape index (κ3) is 11.7. The largest absolute Gasteiger partial charge is 0.464 e. The minimum absolute atomic E-state index is 0.0610. The van der Waals surface area contributed by atoms with Crippen molar-refractivity contribution in [3.05, 3.63) is 0 Å². The lowest BCUT2D eigenvalue weighted by Crippen LogP contribution is -2.60. The van der Waals surface area contributed by atoms with Gasteiger partial charge >= 0.3 is 30.0 Å². The molecule has 0 saturated carbocycles. The van der Waals surface area contributed by atoms with E-state index in [1.54, 1.807) is 27.7 Å². The molecule has 0 bridgehead atoms. The molecule has 12 nitrogen and oxygen atoms in total. The van der Waals surface area contributed by atoms with Gasteiger partial charge in [-0.05, 0) is 47.0 Å². The molecule has 1 aliphatic rings. The summed E-state index contributed by atoms with van der Waals surface area (Å²) < 4.78 is 32.5. The molecule has 0 aromatic rings. The average Bonchev–Trinajstić information content (AvgIpc) is 2.69. The molecule has 206 valence electrons. The van der Waals surface area contributed by atoms with Gasteiger partial charge in [0.05, 0.1) is 18.2 Å². The first kappa shape index (κ1) is 31.1. The van der Waals surface area contributed by atoms with Gasteiger partial charge < -0.3 is 33.7 Å². The van der Waals surface area contributed by atoms with Gasteiger partial charge in [0.25, 0.3) is 0 Å². The number of nitrogens with one attached hydrogen (secondary N) is 1. The molecule has 1 saturated heterocycles. The van der Waals surface area contributed by atoms with E-state index in [2.05, 4.69) is 5.32 Å². The number of carbonyl (C=O) groups is 5. The van der Waals surface area contributed by atoms with Crippen molar-refractivity contribution >= 4 is 30.0 Å². The first-order chi connectivity index (χ1) is 16.6. The summed E-state index contributed by atoms with van der Waals surface area (Å²) in [6, 6.07) is -0.546. The van der Waals surface area contributed by atoms with Gasteiger partial charge in [-0.15, -0.1) is 0 Å². The highest BCUT2D eigenvalue weighted by Crippen LogP contribution is 2.31. The Bertz CT molecular complexity index is 791. The van der Waals surface area contributed by atoms with Crippen LogP contribution in [0.4, 0.5) is 4.79 Å². The minimum atomic E-state index is -1.07. The van der Waals surface area contributed by atoms with Crippen molar-refractivity contribution in [3.8, 4) is 0 Å². The van der Waals surface area contributed by atoms with Gasteiger partial charge in [0, 0.05) is 27.7 Å². The van der Waals surface area contributed by atoms with Gasteiger partial charge in [-0.25, -0.2) is 4.79 Å². The molecule has 36 heavy (non-hydrogen) atoms. The maximum atomic E-state index is 12.2. The summed E-state index contributed by atoms with van der Waals surface area (Å²) in [6.07, 6.45) is -3.93. The molecule has 0 unspecified atom stereocenters. The highest BCUT2D eigenvalue weighted by atomic mass is 16.6. The molecule has 0 radical (unpaired) electrons. The van der Waals surface area contributed by atoms with Crippen LogP contribution in [0.2, 0.25) is 0 Å². The minimum Gasteiger partial charge on any atom is -0.464 e. The van der Waals surface area contributed by atoms with Gasteiger partial charge in [0.15, 0.2) is 18.3 Å². The number of ether oxygens (including phenoxy) is 6. The van der Waals surface area contributed by atoms with Crippen molar-refractivity contribution in [3.63, 3.8) is 0 Å². The van der Waals surface area contributed by atoms with Gasteiger partial charge in [0.1, 0.15) is 12.2 Å². The highest BCUT2D eigenvalue weighted by Gasteiger charge is 2.49. The fourth-order valence-corrected chi connectivity index (χ4v) is 3.80. The third-order valence-corrected chi connectivity index (χ3v) is 5.02. The molecule has 6 atom stereocenters. The van der Waals surface area contributed by atoms with Crippen LogP contribution in [0.3, 0.4) is 0 Å². The van der Waals surface area contributed by atoms with Crippen LogP contribution in [0.5, 0.6) is 0 Å². The Labute approximate surface area is 211 Å². The predicted molar refractivity (Wildman–Crippen MR) is 125 cm³/mol. The van der Waals surface area contributed by atoms with Gasteiger partial charge in [-0.3, -0.25) is 19.2 Å². The second kappa shape index (κ2) is 14.0. The van der Waals surface area contributed by atoms with Crippen molar-refractivity contribution in [2.75, 3.05) is 6.61 Å². The van der Waals surface area contributed by atoms with Gasteiger partial charge in [0.2, 0.25) is 0 Å². The van der Waals surface area contributed by atoms with Crippen molar-refractivity contribution in [1.82, 2.24) is 5.32 Å². The molecule has 0 aromatic heterocycles. The lowest BCUT2D eigenvalue weighted by molar-refractivity contribution is -0.244. The maximum Gasteiger partial charge on any atom is 0.407 e. The number of carbonyl (C=O) groups excluding carboxylic acids is 5. The average molecular weight is 518 g/mol.